The highest BCUT2D eigenvalue weighted by atomic mass is 16.5. The summed E-state index contributed by atoms with van der Waals surface area (Å²) in [4.78, 5) is 0. The summed E-state index contributed by atoms with van der Waals surface area (Å²) < 4.78 is 5.13. The SMILES string of the molecule is COC[C@@H](C)CCC/C=C/c1cccc(C)c1. The molecule has 1 aromatic rings. The molecule has 0 N–H and O–H groups in total. The Labute approximate surface area is 106 Å². The molecular formula is C16H24O. The normalized spacial score (nSPS) is 13.1. The van der Waals surface area contributed by atoms with Crippen LogP contribution in [0.2, 0.25) is 0 Å². The van der Waals surface area contributed by atoms with E-state index in [1.165, 1.54) is 24.0 Å². The second-order valence-electron chi connectivity index (χ2n) is 4.81. The van der Waals surface area contributed by atoms with Crippen molar-refractivity contribution in [1.29, 1.82) is 0 Å². The summed E-state index contributed by atoms with van der Waals surface area (Å²) in [5.74, 6) is 0.673. The van der Waals surface area contributed by atoms with E-state index in [2.05, 4.69) is 50.3 Å². The molecule has 0 saturated heterocycles. The first kappa shape index (κ1) is 14.0. The highest BCUT2D eigenvalue weighted by Crippen LogP contribution is 2.10. The van der Waals surface area contributed by atoms with Crippen LogP contribution in [0, 0.1) is 12.8 Å². The molecule has 94 valence electrons. The first-order valence-electron chi connectivity index (χ1n) is 6.44. The lowest BCUT2D eigenvalue weighted by atomic mass is 10.0. The average Bonchev–Trinajstić information content (AvgIpc) is 2.29. The Morgan fingerprint density at radius 2 is 2.18 bits per heavy atom. The van der Waals surface area contributed by atoms with Gasteiger partial charge in [-0.1, -0.05) is 48.9 Å². The molecule has 0 fully saturated rings. The van der Waals surface area contributed by atoms with Gasteiger partial charge in [0.25, 0.3) is 0 Å². The Kier molecular flexibility index (Phi) is 6.64. The van der Waals surface area contributed by atoms with Gasteiger partial charge in [-0.25, -0.2) is 0 Å². The molecule has 1 rings (SSSR count). The molecule has 0 aromatic heterocycles. The standard InChI is InChI=1S/C16H24O/c1-14-9-7-11-16(12-14)10-6-4-5-8-15(2)13-17-3/h6-7,9-12,15H,4-5,8,13H2,1-3H3/b10-6+/t15-/m0/s1. The average molecular weight is 232 g/mol. The first-order chi connectivity index (χ1) is 8.22. The van der Waals surface area contributed by atoms with Crippen LogP contribution in [0.15, 0.2) is 30.3 Å². The van der Waals surface area contributed by atoms with E-state index in [9.17, 15) is 0 Å². The van der Waals surface area contributed by atoms with Gasteiger partial charge in [0.1, 0.15) is 0 Å². The maximum absolute atomic E-state index is 5.13. The summed E-state index contributed by atoms with van der Waals surface area (Å²) >= 11 is 0. The zero-order valence-electron chi connectivity index (χ0n) is 11.3. The molecule has 1 aromatic carbocycles. The summed E-state index contributed by atoms with van der Waals surface area (Å²) in [5, 5.41) is 0. The van der Waals surface area contributed by atoms with Crippen molar-refractivity contribution in [2.24, 2.45) is 5.92 Å². The van der Waals surface area contributed by atoms with Crippen LogP contribution in [-0.2, 0) is 4.74 Å². The summed E-state index contributed by atoms with van der Waals surface area (Å²) in [6.07, 6.45) is 8.13. The van der Waals surface area contributed by atoms with Crippen molar-refractivity contribution in [3.63, 3.8) is 0 Å². The van der Waals surface area contributed by atoms with E-state index in [1.807, 2.05) is 0 Å². The molecule has 0 bridgehead atoms. The van der Waals surface area contributed by atoms with Gasteiger partial charge in [-0.2, -0.15) is 0 Å². The number of ether oxygens (including phenoxy) is 1. The van der Waals surface area contributed by atoms with Crippen LogP contribution in [0.1, 0.15) is 37.3 Å². The fourth-order valence-electron chi connectivity index (χ4n) is 1.95. The lowest BCUT2D eigenvalue weighted by Crippen LogP contribution is -2.02. The van der Waals surface area contributed by atoms with Crippen LogP contribution in [-0.4, -0.2) is 13.7 Å². The zero-order chi connectivity index (χ0) is 12.5. The van der Waals surface area contributed by atoms with E-state index in [0.29, 0.717) is 5.92 Å². The number of hydrogen-bond donors (Lipinski definition) is 0. The smallest absolute Gasteiger partial charge is 0.0487 e. The topological polar surface area (TPSA) is 9.23 Å². The molecule has 0 radical (unpaired) electrons. The molecule has 1 atom stereocenters. The molecule has 0 aliphatic heterocycles. The van der Waals surface area contributed by atoms with Crippen molar-refractivity contribution < 1.29 is 4.74 Å². The number of benzene rings is 1. The van der Waals surface area contributed by atoms with Crippen LogP contribution < -0.4 is 0 Å². The van der Waals surface area contributed by atoms with Gasteiger partial charge in [0.15, 0.2) is 0 Å². The van der Waals surface area contributed by atoms with Crippen molar-refractivity contribution in [3.05, 3.63) is 41.5 Å². The van der Waals surface area contributed by atoms with Gasteiger partial charge >= 0.3 is 0 Å². The molecule has 0 heterocycles. The summed E-state index contributed by atoms with van der Waals surface area (Å²) in [6.45, 7) is 5.25. The third kappa shape index (κ3) is 6.28. The van der Waals surface area contributed by atoms with E-state index in [-0.39, 0.29) is 0 Å². The van der Waals surface area contributed by atoms with Crippen molar-refractivity contribution in [1.82, 2.24) is 0 Å². The molecule has 0 amide bonds. The van der Waals surface area contributed by atoms with Crippen LogP contribution in [0.25, 0.3) is 6.08 Å². The number of aryl methyl sites for hydroxylation is 1. The maximum atomic E-state index is 5.13. The Hall–Kier alpha value is -1.08. The van der Waals surface area contributed by atoms with Gasteiger partial charge in [-0.05, 0) is 37.7 Å². The van der Waals surface area contributed by atoms with Crippen molar-refractivity contribution in [3.8, 4) is 0 Å². The molecule has 1 nitrogen and oxygen atoms in total. The van der Waals surface area contributed by atoms with Gasteiger partial charge < -0.3 is 4.74 Å². The van der Waals surface area contributed by atoms with Crippen LogP contribution in [0.4, 0.5) is 0 Å². The van der Waals surface area contributed by atoms with Crippen LogP contribution >= 0.6 is 0 Å². The van der Waals surface area contributed by atoms with E-state index in [0.717, 1.165) is 13.0 Å². The van der Waals surface area contributed by atoms with Gasteiger partial charge in [0.05, 0.1) is 0 Å². The molecule has 0 aliphatic rings. The number of hydrogen-bond acceptors (Lipinski definition) is 1. The quantitative estimate of drug-likeness (QED) is 0.631. The van der Waals surface area contributed by atoms with Crippen LogP contribution in [0.3, 0.4) is 0 Å². The molecule has 1 heteroatoms. The lowest BCUT2D eigenvalue weighted by Gasteiger charge is -2.07. The van der Waals surface area contributed by atoms with E-state index in [4.69, 9.17) is 4.74 Å². The predicted octanol–water partition coefficient (Wildman–Crippen LogP) is 4.46. The minimum Gasteiger partial charge on any atom is -0.384 e. The third-order valence-corrected chi connectivity index (χ3v) is 2.87. The van der Waals surface area contributed by atoms with Crippen molar-refractivity contribution in [2.75, 3.05) is 13.7 Å². The van der Waals surface area contributed by atoms with E-state index >= 15 is 0 Å². The summed E-state index contributed by atoms with van der Waals surface area (Å²) in [7, 11) is 1.77. The van der Waals surface area contributed by atoms with Gasteiger partial charge in [-0.15, -0.1) is 0 Å². The molecule has 0 aliphatic carbocycles. The molecule has 17 heavy (non-hydrogen) atoms. The largest absolute Gasteiger partial charge is 0.384 e. The van der Waals surface area contributed by atoms with E-state index in [1.54, 1.807) is 7.11 Å². The van der Waals surface area contributed by atoms with Gasteiger partial charge in [0.2, 0.25) is 0 Å². The second-order valence-corrected chi connectivity index (χ2v) is 4.81. The summed E-state index contributed by atoms with van der Waals surface area (Å²) in [5.41, 5.74) is 2.62. The van der Waals surface area contributed by atoms with Gasteiger partial charge in [0, 0.05) is 13.7 Å². The minimum atomic E-state index is 0.673. The first-order valence-corrected chi connectivity index (χ1v) is 6.44. The number of unbranched alkanes of at least 4 members (excludes halogenated alkanes) is 1. The van der Waals surface area contributed by atoms with E-state index < -0.39 is 0 Å². The fourth-order valence-corrected chi connectivity index (χ4v) is 1.95. The van der Waals surface area contributed by atoms with Gasteiger partial charge in [-0.3, -0.25) is 0 Å². The predicted molar refractivity (Wildman–Crippen MR) is 75.1 cm³/mol. The number of rotatable bonds is 7. The highest BCUT2D eigenvalue weighted by molar-refractivity contribution is 5.49. The Balaban J connectivity index is 2.22. The number of allylic oxidation sites excluding steroid dienone is 1. The second kappa shape index (κ2) is 8.08. The maximum Gasteiger partial charge on any atom is 0.0487 e. The summed E-state index contributed by atoms with van der Waals surface area (Å²) in [6, 6.07) is 8.60. The monoisotopic (exact) mass is 232 g/mol. The molecule has 0 unspecified atom stereocenters. The minimum absolute atomic E-state index is 0.673. The number of methoxy groups -OCH3 is 1. The zero-order valence-corrected chi connectivity index (χ0v) is 11.3. The third-order valence-electron chi connectivity index (χ3n) is 2.87. The Morgan fingerprint density at radius 1 is 1.35 bits per heavy atom. The highest BCUT2D eigenvalue weighted by Gasteiger charge is 1.99. The molecule has 0 saturated carbocycles. The van der Waals surface area contributed by atoms with Crippen LogP contribution in [0.5, 0.6) is 0 Å². The fraction of sp³-hybridized carbons (Fsp3) is 0.500. The van der Waals surface area contributed by atoms with Crippen molar-refractivity contribution in [2.45, 2.75) is 33.1 Å². The Morgan fingerprint density at radius 3 is 2.88 bits per heavy atom. The molecule has 0 spiro atoms. The molecular weight excluding hydrogens is 208 g/mol. The van der Waals surface area contributed by atoms with Crippen molar-refractivity contribution >= 4 is 6.08 Å². The lowest BCUT2D eigenvalue weighted by molar-refractivity contribution is 0.155. The Bertz CT molecular complexity index is 341.